The summed E-state index contributed by atoms with van der Waals surface area (Å²) < 4.78 is 39.1. The van der Waals surface area contributed by atoms with Gasteiger partial charge in [0, 0.05) is 30.1 Å². The molecule has 2 aliphatic heterocycles. The molecule has 0 unspecified atom stereocenters. The molecule has 1 N–H and O–H groups in total. The van der Waals surface area contributed by atoms with Gasteiger partial charge < -0.3 is 24.2 Å². The third-order valence-electron chi connectivity index (χ3n) is 9.07. The van der Waals surface area contributed by atoms with Gasteiger partial charge >= 0.3 is 5.97 Å². The van der Waals surface area contributed by atoms with E-state index >= 15 is 0 Å². The van der Waals surface area contributed by atoms with E-state index in [-0.39, 0.29) is 41.6 Å². The van der Waals surface area contributed by atoms with E-state index in [1.807, 2.05) is 0 Å². The van der Waals surface area contributed by atoms with Crippen molar-refractivity contribution in [3.8, 4) is 5.75 Å². The highest BCUT2D eigenvalue weighted by atomic mass is 35.5. The van der Waals surface area contributed by atoms with Gasteiger partial charge in [-0.2, -0.15) is 4.39 Å². The number of fused-ring (bicyclic) bond motifs is 2. The lowest BCUT2D eigenvalue weighted by Crippen LogP contribution is -2.54. The van der Waals surface area contributed by atoms with Crippen LogP contribution in [0.3, 0.4) is 0 Å². The Morgan fingerprint density at radius 2 is 1.98 bits per heavy atom. The molecule has 42 heavy (non-hydrogen) atoms. The lowest BCUT2D eigenvalue weighted by Gasteiger charge is -2.46. The van der Waals surface area contributed by atoms with Crippen molar-refractivity contribution in [2.45, 2.75) is 64.6 Å². The molecular formula is C30H30ClF2N3O6. The number of halogens is 3. The summed E-state index contributed by atoms with van der Waals surface area (Å²) in [6, 6.07) is 5.66. The van der Waals surface area contributed by atoms with Crippen molar-refractivity contribution >= 4 is 40.4 Å². The number of carboxylic acids is 1. The number of ether oxygens (including phenoxy) is 1. The zero-order valence-corrected chi connectivity index (χ0v) is 23.8. The summed E-state index contributed by atoms with van der Waals surface area (Å²) in [5.74, 6) is -4.03. The Balaban J connectivity index is 1.40. The first kappa shape index (κ1) is 28.4. The molecule has 0 bridgehead atoms. The molecule has 9 nitrogen and oxygen atoms in total. The molecule has 2 amide bonds. The minimum absolute atomic E-state index is 0.124. The van der Waals surface area contributed by atoms with E-state index in [0.717, 1.165) is 24.5 Å². The SMILES string of the molecule is C[C@]1(C(=O)O)CCCC[C@H]1C(=O)N1CCc2c(Cl)ccc(OCc3noc4c(F)c(F)ccc34)c2[C@H]1N1CCCC1=O. The Hall–Kier alpha value is -3.73. The third kappa shape index (κ3) is 4.58. The second-order valence-electron chi connectivity index (χ2n) is 11.5. The van der Waals surface area contributed by atoms with Crippen LogP contribution in [-0.2, 0) is 27.4 Å². The van der Waals surface area contributed by atoms with Crippen LogP contribution in [0, 0.1) is 23.0 Å². The highest BCUT2D eigenvalue weighted by Gasteiger charge is 2.51. The maximum atomic E-state index is 14.3. The molecule has 3 atom stereocenters. The number of rotatable bonds is 6. The fraction of sp³-hybridized carbons (Fsp3) is 0.467. The molecule has 1 saturated heterocycles. The Kier molecular flexibility index (Phi) is 7.32. The van der Waals surface area contributed by atoms with Crippen LogP contribution in [0.4, 0.5) is 8.78 Å². The number of carbonyl (C=O) groups is 3. The predicted octanol–water partition coefficient (Wildman–Crippen LogP) is 5.63. The minimum atomic E-state index is -1.22. The number of likely N-dealkylation sites (tertiary alicyclic amines) is 1. The standard InChI is InChI=1S/C30H30ClF2N3O6/c1-30(29(39)40)12-3-2-5-18(30)28(38)36-14-11-16-19(31)8-10-22(24(16)27(36)35-13-4-6-23(35)37)41-15-21-17-7-9-20(32)25(33)26(17)42-34-21/h7-10,18,27H,2-6,11-15H2,1H3,(H,39,40)/t18-,27-,30-/m0/s1. The summed E-state index contributed by atoms with van der Waals surface area (Å²) in [6.45, 7) is 2.14. The van der Waals surface area contributed by atoms with Gasteiger partial charge in [0.1, 0.15) is 24.2 Å². The summed E-state index contributed by atoms with van der Waals surface area (Å²) in [4.78, 5) is 43.0. The quantitative estimate of drug-likeness (QED) is 0.390. The van der Waals surface area contributed by atoms with E-state index in [1.165, 1.54) is 6.07 Å². The molecule has 1 aromatic heterocycles. The van der Waals surface area contributed by atoms with Gasteiger partial charge in [0.15, 0.2) is 5.82 Å². The van der Waals surface area contributed by atoms with Crippen molar-refractivity contribution in [3.63, 3.8) is 0 Å². The van der Waals surface area contributed by atoms with Gasteiger partial charge in [-0.05, 0) is 62.4 Å². The zero-order valence-electron chi connectivity index (χ0n) is 23.0. The van der Waals surface area contributed by atoms with E-state index in [2.05, 4.69) is 5.16 Å². The molecule has 222 valence electrons. The van der Waals surface area contributed by atoms with Crippen LogP contribution in [-0.4, -0.2) is 50.9 Å². The van der Waals surface area contributed by atoms with Gasteiger partial charge in [0.05, 0.1) is 16.7 Å². The van der Waals surface area contributed by atoms with Crippen molar-refractivity contribution in [2.24, 2.45) is 11.3 Å². The average Bonchev–Trinajstić information content (AvgIpc) is 3.60. The maximum Gasteiger partial charge on any atom is 0.310 e. The summed E-state index contributed by atoms with van der Waals surface area (Å²) in [5.41, 5.74) is -0.0190. The Morgan fingerprint density at radius 3 is 2.71 bits per heavy atom. The summed E-state index contributed by atoms with van der Waals surface area (Å²) >= 11 is 6.65. The molecule has 2 aromatic carbocycles. The maximum absolute atomic E-state index is 14.3. The molecule has 0 spiro atoms. The van der Waals surface area contributed by atoms with Crippen molar-refractivity contribution < 1.29 is 37.5 Å². The molecule has 12 heteroatoms. The van der Waals surface area contributed by atoms with Crippen molar-refractivity contribution in [1.29, 1.82) is 0 Å². The number of aromatic nitrogens is 1. The van der Waals surface area contributed by atoms with Crippen LogP contribution in [0.25, 0.3) is 11.0 Å². The van der Waals surface area contributed by atoms with Crippen LogP contribution in [0.2, 0.25) is 5.02 Å². The zero-order chi connectivity index (χ0) is 29.8. The lowest BCUT2D eigenvalue weighted by atomic mass is 9.66. The van der Waals surface area contributed by atoms with Crippen molar-refractivity contribution in [1.82, 2.24) is 15.0 Å². The molecular weight excluding hydrogens is 572 g/mol. The summed E-state index contributed by atoms with van der Waals surface area (Å²) in [7, 11) is 0. The highest BCUT2D eigenvalue weighted by molar-refractivity contribution is 6.31. The molecule has 3 aromatic rings. The Bertz CT molecular complexity index is 1590. The Labute approximate surface area is 245 Å². The molecule has 0 radical (unpaired) electrons. The normalized spacial score (nSPS) is 24.2. The predicted molar refractivity (Wildman–Crippen MR) is 147 cm³/mol. The average molecular weight is 602 g/mol. The monoisotopic (exact) mass is 601 g/mol. The molecule has 1 saturated carbocycles. The molecule has 1 aliphatic carbocycles. The fourth-order valence-electron chi connectivity index (χ4n) is 6.71. The number of carboxylic acid groups (broad SMARTS) is 1. The number of hydrogen-bond acceptors (Lipinski definition) is 6. The molecule has 3 aliphatic rings. The van der Waals surface area contributed by atoms with E-state index in [0.29, 0.717) is 55.0 Å². The number of carbonyl (C=O) groups excluding carboxylic acids is 2. The van der Waals surface area contributed by atoms with Crippen LogP contribution < -0.4 is 4.74 Å². The van der Waals surface area contributed by atoms with Gasteiger partial charge in [-0.25, -0.2) is 4.39 Å². The van der Waals surface area contributed by atoms with E-state index < -0.39 is 35.1 Å². The van der Waals surface area contributed by atoms with Crippen LogP contribution >= 0.6 is 11.6 Å². The van der Waals surface area contributed by atoms with E-state index in [1.54, 1.807) is 28.9 Å². The van der Waals surface area contributed by atoms with Gasteiger partial charge in [0.25, 0.3) is 0 Å². The summed E-state index contributed by atoms with van der Waals surface area (Å²) in [6.07, 6.45) is 2.79. The van der Waals surface area contributed by atoms with Gasteiger partial charge in [-0.1, -0.05) is 29.6 Å². The number of hydrogen-bond donors (Lipinski definition) is 1. The number of nitrogens with zero attached hydrogens (tertiary/aromatic N) is 3. The number of aliphatic carboxylic acids is 1. The second-order valence-corrected chi connectivity index (χ2v) is 11.9. The molecule has 3 heterocycles. The molecule has 6 rings (SSSR count). The van der Waals surface area contributed by atoms with E-state index in [4.69, 9.17) is 20.9 Å². The van der Waals surface area contributed by atoms with Crippen molar-refractivity contribution in [3.05, 3.63) is 57.7 Å². The number of amides is 2. The smallest absolute Gasteiger partial charge is 0.310 e. The van der Waals surface area contributed by atoms with Crippen LogP contribution in [0.1, 0.15) is 68.4 Å². The largest absolute Gasteiger partial charge is 0.487 e. The first-order chi connectivity index (χ1) is 20.1. The minimum Gasteiger partial charge on any atom is -0.487 e. The van der Waals surface area contributed by atoms with Crippen LogP contribution in [0.15, 0.2) is 28.8 Å². The fourth-order valence-corrected chi connectivity index (χ4v) is 6.97. The summed E-state index contributed by atoms with van der Waals surface area (Å²) in [5, 5.41) is 14.7. The van der Waals surface area contributed by atoms with E-state index in [9.17, 15) is 28.3 Å². The lowest BCUT2D eigenvalue weighted by molar-refractivity contribution is -0.165. The van der Waals surface area contributed by atoms with Crippen LogP contribution in [0.5, 0.6) is 5.75 Å². The topological polar surface area (TPSA) is 113 Å². The second kappa shape index (κ2) is 10.8. The first-order valence-corrected chi connectivity index (χ1v) is 14.5. The highest BCUT2D eigenvalue weighted by Crippen LogP contribution is 2.47. The van der Waals surface area contributed by atoms with Gasteiger partial charge in [0.2, 0.25) is 23.2 Å². The Morgan fingerprint density at radius 1 is 1.17 bits per heavy atom. The number of benzene rings is 2. The molecule has 2 fully saturated rings. The van der Waals surface area contributed by atoms with Gasteiger partial charge in [-0.15, -0.1) is 0 Å². The third-order valence-corrected chi connectivity index (χ3v) is 9.43. The first-order valence-electron chi connectivity index (χ1n) is 14.1. The van der Waals surface area contributed by atoms with Crippen molar-refractivity contribution in [2.75, 3.05) is 13.1 Å². The van der Waals surface area contributed by atoms with Gasteiger partial charge in [-0.3, -0.25) is 14.4 Å².